The number of hydrogen-bond donors (Lipinski definition) is 1. The van der Waals surface area contributed by atoms with Crippen LogP contribution in [-0.4, -0.2) is 59.0 Å². The molecule has 2 heterocycles. The van der Waals surface area contributed by atoms with Gasteiger partial charge in [0.05, 0.1) is 11.7 Å². The summed E-state index contributed by atoms with van der Waals surface area (Å²) in [5, 5.41) is 9.77. The zero-order valence-electron chi connectivity index (χ0n) is 18.9. The fourth-order valence-corrected chi connectivity index (χ4v) is 5.65. The number of ketones is 1. The summed E-state index contributed by atoms with van der Waals surface area (Å²) in [7, 11) is 0. The van der Waals surface area contributed by atoms with Crippen LogP contribution in [0.5, 0.6) is 0 Å². The van der Waals surface area contributed by atoms with Gasteiger partial charge in [0.2, 0.25) is 0 Å². The van der Waals surface area contributed by atoms with Gasteiger partial charge in [0.1, 0.15) is 5.78 Å². The van der Waals surface area contributed by atoms with Crippen molar-refractivity contribution in [1.82, 2.24) is 9.80 Å². The molecule has 1 saturated carbocycles. The molecule has 5 nitrogen and oxygen atoms in total. The molecule has 4 rings (SSSR count). The smallest absolute Gasteiger partial charge is 0.393 e. The van der Waals surface area contributed by atoms with Crippen molar-refractivity contribution in [2.75, 3.05) is 26.2 Å². The van der Waals surface area contributed by atoms with E-state index in [0.29, 0.717) is 51.9 Å². The van der Waals surface area contributed by atoms with Crippen molar-refractivity contribution >= 4 is 11.8 Å². The predicted molar refractivity (Wildman–Crippen MR) is 118 cm³/mol. The third kappa shape index (κ3) is 5.89. The molecular formula is C25H33F3N2O3. The molecule has 2 aliphatic heterocycles. The Morgan fingerprint density at radius 1 is 0.939 bits per heavy atom. The second-order valence-corrected chi connectivity index (χ2v) is 9.98. The summed E-state index contributed by atoms with van der Waals surface area (Å²) in [6, 6.07) is 5.11. The first-order valence-electron chi connectivity index (χ1n) is 12.1. The Balaban J connectivity index is 1.50. The highest BCUT2D eigenvalue weighted by atomic mass is 19.4. The largest absolute Gasteiger partial charge is 0.416 e. The summed E-state index contributed by atoms with van der Waals surface area (Å²) >= 11 is 0. The van der Waals surface area contributed by atoms with Crippen LogP contribution in [0.2, 0.25) is 0 Å². The van der Waals surface area contributed by atoms with Crippen molar-refractivity contribution in [2.45, 2.75) is 69.6 Å². The Hall–Kier alpha value is -2.09. The summed E-state index contributed by atoms with van der Waals surface area (Å²) in [4.78, 5) is 29.6. The van der Waals surface area contributed by atoms with Crippen LogP contribution >= 0.6 is 0 Å². The zero-order chi connectivity index (χ0) is 23.6. The number of nitrogens with zero attached hydrogens (tertiary/aromatic N) is 2. The average Bonchev–Trinajstić information content (AvgIpc) is 3.34. The molecule has 182 valence electrons. The van der Waals surface area contributed by atoms with E-state index in [-0.39, 0.29) is 35.7 Å². The molecule has 2 atom stereocenters. The van der Waals surface area contributed by atoms with E-state index in [0.717, 1.165) is 43.4 Å². The van der Waals surface area contributed by atoms with E-state index in [9.17, 15) is 27.9 Å². The molecule has 2 saturated heterocycles. The molecule has 0 aromatic heterocycles. The number of Topliss-reactive ketones (excluding diaryl/α,β-unsaturated/α-hetero) is 1. The van der Waals surface area contributed by atoms with E-state index in [2.05, 4.69) is 0 Å². The van der Waals surface area contributed by atoms with Crippen LogP contribution in [0, 0.1) is 11.8 Å². The molecule has 2 amide bonds. The fourth-order valence-electron chi connectivity index (χ4n) is 5.65. The summed E-state index contributed by atoms with van der Waals surface area (Å²) in [5.74, 6) is 0.267. The number of benzene rings is 1. The van der Waals surface area contributed by atoms with Gasteiger partial charge in [-0.25, -0.2) is 4.79 Å². The number of carbonyl (C=O) groups is 2. The number of hydrogen-bond acceptors (Lipinski definition) is 3. The van der Waals surface area contributed by atoms with Crippen LogP contribution in [0.1, 0.15) is 68.4 Å². The monoisotopic (exact) mass is 466 g/mol. The lowest BCUT2D eigenvalue weighted by Gasteiger charge is -2.41. The minimum atomic E-state index is -4.39. The van der Waals surface area contributed by atoms with Crippen molar-refractivity contribution in [3.8, 4) is 0 Å². The SMILES string of the molecule is O=C(CC1CC(c2ccc(C(F)(F)F)cc2)CN(C(=O)N2CCC(O)CC2)C1)C1CCCC1. The average molecular weight is 467 g/mol. The normalized spacial score (nSPS) is 25.5. The molecule has 1 aromatic rings. The van der Waals surface area contributed by atoms with Gasteiger partial charge in [-0.05, 0) is 55.7 Å². The number of rotatable bonds is 4. The van der Waals surface area contributed by atoms with E-state index in [1.54, 1.807) is 9.80 Å². The van der Waals surface area contributed by atoms with E-state index in [4.69, 9.17) is 0 Å². The minimum Gasteiger partial charge on any atom is -0.393 e. The van der Waals surface area contributed by atoms with Crippen LogP contribution in [0.4, 0.5) is 18.0 Å². The lowest BCUT2D eigenvalue weighted by Crippen LogP contribution is -2.52. The van der Waals surface area contributed by atoms with Gasteiger partial charge >= 0.3 is 12.2 Å². The molecule has 2 unspecified atom stereocenters. The van der Waals surface area contributed by atoms with Crippen LogP contribution in [-0.2, 0) is 11.0 Å². The van der Waals surface area contributed by atoms with Gasteiger partial charge in [-0.1, -0.05) is 25.0 Å². The van der Waals surface area contributed by atoms with Crippen molar-refractivity contribution in [2.24, 2.45) is 11.8 Å². The lowest BCUT2D eigenvalue weighted by molar-refractivity contribution is -0.137. The minimum absolute atomic E-state index is 0.00141. The molecule has 1 N–H and O–H groups in total. The number of likely N-dealkylation sites (tertiary alicyclic amines) is 2. The number of halogens is 3. The van der Waals surface area contributed by atoms with Crippen LogP contribution < -0.4 is 0 Å². The zero-order valence-corrected chi connectivity index (χ0v) is 18.9. The van der Waals surface area contributed by atoms with E-state index in [1.807, 2.05) is 0 Å². The molecule has 3 aliphatic rings. The number of amides is 2. The first kappa shape index (κ1) is 24.0. The van der Waals surface area contributed by atoms with Gasteiger partial charge in [-0.15, -0.1) is 0 Å². The fraction of sp³-hybridized carbons (Fsp3) is 0.680. The maximum absolute atomic E-state index is 13.2. The molecule has 8 heteroatoms. The summed E-state index contributed by atoms with van der Waals surface area (Å²) in [5.41, 5.74) is 0.0858. The second kappa shape index (κ2) is 10.0. The molecule has 1 aromatic carbocycles. The third-order valence-corrected chi connectivity index (χ3v) is 7.55. The Morgan fingerprint density at radius 3 is 2.18 bits per heavy atom. The van der Waals surface area contributed by atoms with Crippen molar-refractivity contribution in [3.63, 3.8) is 0 Å². The predicted octanol–water partition coefficient (Wildman–Crippen LogP) is 4.84. The first-order valence-corrected chi connectivity index (χ1v) is 12.1. The number of aliphatic hydroxyl groups excluding tert-OH is 1. The molecule has 0 radical (unpaired) electrons. The number of urea groups is 1. The van der Waals surface area contributed by atoms with E-state index in [1.165, 1.54) is 12.1 Å². The Kier molecular flexibility index (Phi) is 7.31. The molecule has 0 bridgehead atoms. The maximum Gasteiger partial charge on any atom is 0.416 e. The first-order chi connectivity index (χ1) is 15.7. The van der Waals surface area contributed by atoms with Crippen molar-refractivity contribution in [1.29, 1.82) is 0 Å². The third-order valence-electron chi connectivity index (χ3n) is 7.55. The van der Waals surface area contributed by atoms with Gasteiger partial charge < -0.3 is 14.9 Å². The highest BCUT2D eigenvalue weighted by Gasteiger charge is 2.36. The number of piperidine rings is 2. The van der Waals surface area contributed by atoms with Gasteiger partial charge in [0.25, 0.3) is 0 Å². The Bertz CT molecular complexity index is 828. The summed E-state index contributed by atoms with van der Waals surface area (Å²) < 4.78 is 39.0. The van der Waals surface area contributed by atoms with Gasteiger partial charge in [-0.3, -0.25) is 4.79 Å². The topological polar surface area (TPSA) is 60.9 Å². The summed E-state index contributed by atoms with van der Waals surface area (Å²) in [6.45, 7) is 1.91. The van der Waals surface area contributed by atoms with Crippen LogP contribution in [0.15, 0.2) is 24.3 Å². The van der Waals surface area contributed by atoms with Gasteiger partial charge in [0, 0.05) is 44.4 Å². The van der Waals surface area contributed by atoms with Crippen LogP contribution in [0.25, 0.3) is 0 Å². The molecule has 33 heavy (non-hydrogen) atoms. The highest BCUT2D eigenvalue weighted by Crippen LogP contribution is 2.37. The van der Waals surface area contributed by atoms with Crippen LogP contribution in [0.3, 0.4) is 0 Å². The molecule has 3 fully saturated rings. The Labute approximate surface area is 192 Å². The van der Waals surface area contributed by atoms with E-state index < -0.39 is 11.7 Å². The number of carbonyl (C=O) groups excluding carboxylic acids is 2. The molecule has 0 spiro atoms. The van der Waals surface area contributed by atoms with Crippen molar-refractivity contribution in [3.05, 3.63) is 35.4 Å². The Morgan fingerprint density at radius 2 is 1.58 bits per heavy atom. The number of aliphatic hydroxyl groups is 1. The lowest BCUT2D eigenvalue weighted by atomic mass is 9.80. The van der Waals surface area contributed by atoms with Gasteiger partial charge in [-0.2, -0.15) is 13.2 Å². The van der Waals surface area contributed by atoms with E-state index >= 15 is 0 Å². The second-order valence-electron chi connectivity index (χ2n) is 9.98. The maximum atomic E-state index is 13.2. The molecular weight excluding hydrogens is 433 g/mol. The summed E-state index contributed by atoms with van der Waals surface area (Å²) in [6.07, 6.45) is 1.48. The standard InChI is InChI=1S/C25H33F3N2O3/c26-25(27,28)21-7-5-18(6-8-21)20-13-17(14-23(32)19-3-1-2-4-19)15-30(16-20)24(33)29-11-9-22(31)10-12-29/h5-8,17,19-20,22,31H,1-4,9-16H2. The van der Waals surface area contributed by atoms with Gasteiger partial charge in [0.15, 0.2) is 0 Å². The quantitative estimate of drug-likeness (QED) is 0.691. The highest BCUT2D eigenvalue weighted by molar-refractivity contribution is 5.81. The van der Waals surface area contributed by atoms with Crippen molar-refractivity contribution < 1.29 is 27.9 Å². The number of alkyl halides is 3. The molecule has 1 aliphatic carbocycles.